The Morgan fingerprint density at radius 2 is 1.53 bits per heavy atom. The molecule has 0 aliphatic rings. The molecule has 15 heavy (non-hydrogen) atoms. The minimum absolute atomic E-state index is 0.431. The van der Waals surface area contributed by atoms with Gasteiger partial charge < -0.3 is 10.6 Å². The zero-order valence-corrected chi connectivity index (χ0v) is 9.96. The molecule has 0 spiro atoms. The van der Waals surface area contributed by atoms with Crippen molar-refractivity contribution < 1.29 is 0 Å². The van der Waals surface area contributed by atoms with Gasteiger partial charge in [0.2, 0.25) is 0 Å². The molecule has 0 aliphatic carbocycles. The van der Waals surface area contributed by atoms with Gasteiger partial charge >= 0.3 is 0 Å². The number of benzene rings is 1. The molecule has 0 saturated heterocycles. The molecule has 0 heterocycles. The summed E-state index contributed by atoms with van der Waals surface area (Å²) >= 11 is 0. The highest BCUT2D eigenvalue weighted by atomic mass is 15.0. The highest BCUT2D eigenvalue weighted by Crippen LogP contribution is 2.09. The van der Waals surface area contributed by atoms with Gasteiger partial charge in [-0.1, -0.05) is 44.2 Å². The molecule has 0 amide bonds. The highest BCUT2D eigenvalue weighted by Gasteiger charge is 2.02. The van der Waals surface area contributed by atoms with Crippen molar-refractivity contribution in [1.29, 1.82) is 0 Å². The average molecular weight is 206 g/mol. The van der Waals surface area contributed by atoms with Gasteiger partial charge in [0.05, 0.1) is 0 Å². The first-order valence-electron chi connectivity index (χ1n) is 5.72. The summed E-state index contributed by atoms with van der Waals surface area (Å²) in [6, 6.07) is 11.5. The zero-order valence-electron chi connectivity index (χ0n) is 9.96. The maximum Gasteiger partial charge on any atom is 0.0292 e. The zero-order chi connectivity index (χ0) is 11.1. The lowest BCUT2D eigenvalue weighted by molar-refractivity contribution is 0.518. The van der Waals surface area contributed by atoms with Crippen LogP contribution in [0.2, 0.25) is 0 Å². The summed E-state index contributed by atoms with van der Waals surface area (Å²) in [6.07, 6.45) is 0. The van der Waals surface area contributed by atoms with Crippen LogP contribution in [0.5, 0.6) is 0 Å². The molecule has 0 fully saturated rings. The van der Waals surface area contributed by atoms with E-state index in [1.54, 1.807) is 0 Å². The third-order valence-electron chi connectivity index (χ3n) is 2.43. The second-order valence-electron chi connectivity index (χ2n) is 4.20. The average Bonchev–Trinajstić information content (AvgIpc) is 2.25. The van der Waals surface area contributed by atoms with Gasteiger partial charge in [0.25, 0.3) is 0 Å². The van der Waals surface area contributed by atoms with E-state index >= 15 is 0 Å². The lowest BCUT2D eigenvalue weighted by Crippen LogP contribution is -2.32. The summed E-state index contributed by atoms with van der Waals surface area (Å²) in [7, 11) is 0. The van der Waals surface area contributed by atoms with Crippen LogP contribution in [-0.2, 0) is 0 Å². The monoisotopic (exact) mass is 206 g/mol. The van der Waals surface area contributed by atoms with Gasteiger partial charge in [0, 0.05) is 25.2 Å². The summed E-state index contributed by atoms with van der Waals surface area (Å²) < 4.78 is 0. The van der Waals surface area contributed by atoms with E-state index in [9.17, 15) is 0 Å². The third kappa shape index (κ3) is 4.96. The lowest BCUT2D eigenvalue weighted by Gasteiger charge is -2.15. The fraction of sp³-hybridized carbons (Fsp3) is 0.538. The topological polar surface area (TPSA) is 24.1 Å². The van der Waals surface area contributed by atoms with Crippen LogP contribution in [0.25, 0.3) is 0 Å². The Labute approximate surface area is 93.1 Å². The predicted octanol–water partition coefficient (Wildman–Crippen LogP) is 2.34. The largest absolute Gasteiger partial charge is 0.313 e. The van der Waals surface area contributed by atoms with E-state index in [1.807, 2.05) is 0 Å². The molecule has 2 N–H and O–H groups in total. The van der Waals surface area contributed by atoms with Gasteiger partial charge in [0.15, 0.2) is 0 Å². The van der Waals surface area contributed by atoms with Gasteiger partial charge in [-0.25, -0.2) is 0 Å². The summed E-state index contributed by atoms with van der Waals surface area (Å²) in [5.41, 5.74) is 1.35. The Kier molecular flexibility index (Phi) is 5.37. The summed E-state index contributed by atoms with van der Waals surface area (Å²) in [5, 5.41) is 6.88. The van der Waals surface area contributed by atoms with Crippen LogP contribution in [0, 0.1) is 0 Å². The Balaban J connectivity index is 2.22. The molecule has 0 unspecified atom stereocenters. The minimum atomic E-state index is 0.431. The quantitative estimate of drug-likeness (QED) is 0.698. The summed E-state index contributed by atoms with van der Waals surface area (Å²) in [6.45, 7) is 8.56. The van der Waals surface area contributed by atoms with Crippen molar-refractivity contribution in [1.82, 2.24) is 10.6 Å². The van der Waals surface area contributed by atoms with E-state index in [1.165, 1.54) is 5.56 Å². The van der Waals surface area contributed by atoms with Gasteiger partial charge in [-0.05, 0) is 12.5 Å². The van der Waals surface area contributed by atoms with Crippen molar-refractivity contribution in [2.45, 2.75) is 32.9 Å². The van der Waals surface area contributed by atoms with Crippen molar-refractivity contribution in [3.63, 3.8) is 0 Å². The molecule has 0 saturated carbocycles. The van der Waals surface area contributed by atoms with Crippen molar-refractivity contribution >= 4 is 0 Å². The van der Waals surface area contributed by atoms with E-state index < -0.39 is 0 Å². The second kappa shape index (κ2) is 6.59. The van der Waals surface area contributed by atoms with Crippen LogP contribution in [0.15, 0.2) is 30.3 Å². The van der Waals surface area contributed by atoms with Crippen LogP contribution in [0.4, 0.5) is 0 Å². The standard InChI is InChI=1S/C13H22N2/c1-11(2)14-9-10-15-12(3)13-7-5-4-6-8-13/h4-8,11-12,14-15H,9-10H2,1-3H3/t12-/m0/s1. The Morgan fingerprint density at radius 1 is 0.933 bits per heavy atom. The van der Waals surface area contributed by atoms with Gasteiger partial charge in [-0.15, -0.1) is 0 Å². The molecule has 1 aromatic carbocycles. The first kappa shape index (κ1) is 12.2. The normalized spacial score (nSPS) is 13.1. The molecular formula is C13H22N2. The van der Waals surface area contributed by atoms with Crippen molar-refractivity contribution in [3.05, 3.63) is 35.9 Å². The number of nitrogens with one attached hydrogen (secondary N) is 2. The summed E-state index contributed by atoms with van der Waals surface area (Å²) in [4.78, 5) is 0. The molecule has 2 nitrogen and oxygen atoms in total. The minimum Gasteiger partial charge on any atom is -0.313 e. The molecule has 2 heteroatoms. The lowest BCUT2D eigenvalue weighted by atomic mass is 10.1. The van der Waals surface area contributed by atoms with Crippen LogP contribution >= 0.6 is 0 Å². The molecule has 0 aromatic heterocycles. The second-order valence-corrected chi connectivity index (χ2v) is 4.20. The fourth-order valence-electron chi connectivity index (χ4n) is 1.51. The van der Waals surface area contributed by atoms with E-state index in [2.05, 4.69) is 61.7 Å². The van der Waals surface area contributed by atoms with Crippen molar-refractivity contribution in [2.24, 2.45) is 0 Å². The van der Waals surface area contributed by atoms with Crippen LogP contribution in [0.1, 0.15) is 32.4 Å². The van der Waals surface area contributed by atoms with Gasteiger partial charge in [-0.3, -0.25) is 0 Å². The van der Waals surface area contributed by atoms with Crippen molar-refractivity contribution in [2.75, 3.05) is 13.1 Å². The molecule has 1 rings (SSSR count). The Hall–Kier alpha value is -0.860. The summed E-state index contributed by atoms with van der Waals surface area (Å²) in [5.74, 6) is 0. The Bertz CT molecular complexity index is 256. The molecular weight excluding hydrogens is 184 g/mol. The van der Waals surface area contributed by atoms with Gasteiger partial charge in [0.1, 0.15) is 0 Å². The molecule has 1 atom stereocenters. The fourth-order valence-corrected chi connectivity index (χ4v) is 1.51. The third-order valence-corrected chi connectivity index (χ3v) is 2.43. The smallest absolute Gasteiger partial charge is 0.0292 e. The first-order valence-corrected chi connectivity index (χ1v) is 5.72. The van der Waals surface area contributed by atoms with Crippen LogP contribution in [-0.4, -0.2) is 19.1 Å². The first-order chi connectivity index (χ1) is 7.20. The predicted molar refractivity (Wildman–Crippen MR) is 66.0 cm³/mol. The van der Waals surface area contributed by atoms with E-state index in [0.29, 0.717) is 12.1 Å². The number of hydrogen-bond donors (Lipinski definition) is 2. The van der Waals surface area contributed by atoms with Crippen LogP contribution < -0.4 is 10.6 Å². The van der Waals surface area contributed by atoms with Crippen molar-refractivity contribution in [3.8, 4) is 0 Å². The SMILES string of the molecule is CC(C)NCCN[C@@H](C)c1ccccc1. The Morgan fingerprint density at radius 3 is 2.13 bits per heavy atom. The molecule has 0 bridgehead atoms. The number of hydrogen-bond acceptors (Lipinski definition) is 2. The maximum atomic E-state index is 3.49. The van der Waals surface area contributed by atoms with E-state index in [4.69, 9.17) is 0 Å². The highest BCUT2D eigenvalue weighted by molar-refractivity contribution is 5.17. The van der Waals surface area contributed by atoms with Gasteiger partial charge in [-0.2, -0.15) is 0 Å². The van der Waals surface area contributed by atoms with E-state index in [0.717, 1.165) is 13.1 Å². The molecule has 1 aromatic rings. The van der Waals surface area contributed by atoms with Crippen LogP contribution in [0.3, 0.4) is 0 Å². The number of rotatable bonds is 6. The molecule has 0 aliphatic heterocycles. The van der Waals surface area contributed by atoms with E-state index in [-0.39, 0.29) is 0 Å². The molecule has 0 radical (unpaired) electrons. The maximum absolute atomic E-state index is 3.49. The molecule has 84 valence electrons.